The van der Waals surface area contributed by atoms with E-state index in [0.29, 0.717) is 30.0 Å². The molecule has 1 heterocycles. The van der Waals surface area contributed by atoms with Crippen LogP contribution in [0.2, 0.25) is 5.02 Å². The van der Waals surface area contributed by atoms with E-state index in [9.17, 15) is 28.4 Å². The Bertz CT molecular complexity index is 1450. The van der Waals surface area contributed by atoms with Gasteiger partial charge in [0.05, 0.1) is 6.04 Å². The number of nitrogens with two attached hydrogens (primary N) is 1. The monoisotopic (exact) mass is 688 g/mol. The van der Waals surface area contributed by atoms with E-state index in [0.717, 1.165) is 49.6 Å². The molecule has 2 aliphatic rings. The first-order valence-corrected chi connectivity index (χ1v) is 17.2. The Hall–Kier alpha value is -3.64. The van der Waals surface area contributed by atoms with Crippen molar-refractivity contribution in [2.24, 2.45) is 17.6 Å². The molecule has 4 atom stereocenters. The number of carbonyl (C=O) groups is 5. The van der Waals surface area contributed by atoms with Gasteiger partial charge in [0, 0.05) is 22.9 Å². The molecule has 0 bridgehead atoms. The SMILES string of the molecule is CC(C)(c1cccc(Cl)c1)C(OC(=O)NS[C@@H](CC1CCCCC1)C(=O)N[C@@H](C[C@@H]1CCNC1=O)C(=O)C(N)=O)c1ccc(F)cc1. The van der Waals surface area contributed by atoms with Gasteiger partial charge in [-0.3, -0.25) is 23.9 Å². The molecule has 0 radical (unpaired) electrons. The van der Waals surface area contributed by atoms with Gasteiger partial charge in [-0.25, -0.2) is 9.18 Å². The number of benzene rings is 2. The van der Waals surface area contributed by atoms with Crippen LogP contribution in [-0.2, 0) is 29.3 Å². The molecule has 0 spiro atoms. The van der Waals surface area contributed by atoms with Crippen LogP contribution in [0.25, 0.3) is 0 Å². The minimum atomic E-state index is -1.28. The Kier molecular flexibility index (Phi) is 12.7. The number of amides is 4. The zero-order chi connectivity index (χ0) is 34.1. The normalized spacial score (nSPS) is 18.8. The number of hydrogen-bond acceptors (Lipinski definition) is 7. The minimum Gasteiger partial charge on any atom is -0.440 e. The van der Waals surface area contributed by atoms with Crippen molar-refractivity contribution in [3.8, 4) is 0 Å². The van der Waals surface area contributed by atoms with Crippen molar-refractivity contribution in [3.05, 3.63) is 70.5 Å². The second-order valence-corrected chi connectivity index (χ2v) is 14.3. The second kappa shape index (κ2) is 16.5. The first kappa shape index (κ1) is 36.2. The number of halogens is 2. The van der Waals surface area contributed by atoms with Crippen LogP contribution in [0.15, 0.2) is 48.5 Å². The molecule has 2 aromatic carbocycles. The zero-order valence-corrected chi connectivity index (χ0v) is 28.1. The van der Waals surface area contributed by atoms with Crippen LogP contribution < -0.4 is 21.1 Å². The molecular weight excluding hydrogens is 647 g/mol. The standard InChI is InChI=1S/C34H42ClFN4O6S/c1-34(2,23-9-6-10-24(35)19-23)29(21-11-13-25(36)14-12-21)46-33(45)40-47-27(17-20-7-4-3-5-8-20)32(44)39-26(28(41)30(37)42)18-22-15-16-38-31(22)43/h6,9-14,19-20,22,26-27,29H,3-5,7-8,15-18H2,1-2H3,(H2,37,42)(H,38,43)(H,39,44)(H,40,45)/t22-,26-,27-,29?/m0/s1. The number of rotatable bonds is 14. The van der Waals surface area contributed by atoms with E-state index in [4.69, 9.17) is 22.1 Å². The fraction of sp³-hybridized carbons (Fsp3) is 0.500. The van der Waals surface area contributed by atoms with Crippen LogP contribution in [-0.4, -0.2) is 47.4 Å². The Morgan fingerprint density at radius 1 is 1.06 bits per heavy atom. The summed E-state index contributed by atoms with van der Waals surface area (Å²) in [6, 6.07) is 11.6. The van der Waals surface area contributed by atoms with Gasteiger partial charge in [-0.2, -0.15) is 0 Å². The van der Waals surface area contributed by atoms with Crippen molar-refractivity contribution in [2.45, 2.75) is 88.0 Å². The highest BCUT2D eigenvalue weighted by Gasteiger charge is 2.38. The molecule has 47 heavy (non-hydrogen) atoms. The summed E-state index contributed by atoms with van der Waals surface area (Å²) in [6.45, 7) is 4.20. The zero-order valence-electron chi connectivity index (χ0n) is 26.6. The number of carbonyl (C=O) groups excluding carboxylic acids is 5. The quantitative estimate of drug-likeness (QED) is 0.155. The Balaban J connectivity index is 1.52. The summed E-state index contributed by atoms with van der Waals surface area (Å²) in [6.07, 6.45) is 4.11. The van der Waals surface area contributed by atoms with Crippen LogP contribution in [0, 0.1) is 17.7 Å². The van der Waals surface area contributed by atoms with E-state index in [1.807, 2.05) is 19.9 Å². The van der Waals surface area contributed by atoms with E-state index in [1.54, 1.807) is 30.3 Å². The number of ether oxygens (including phenoxy) is 1. The summed E-state index contributed by atoms with van der Waals surface area (Å²) >= 11 is 7.13. The number of nitrogens with one attached hydrogen (secondary N) is 3. The number of primary amides is 1. The van der Waals surface area contributed by atoms with Crippen LogP contribution >= 0.6 is 23.5 Å². The molecule has 1 saturated heterocycles. The molecule has 1 saturated carbocycles. The average molecular weight is 689 g/mol. The highest BCUT2D eigenvalue weighted by molar-refractivity contribution is 7.99. The molecule has 1 aliphatic carbocycles. The molecule has 254 valence electrons. The van der Waals surface area contributed by atoms with Crippen molar-refractivity contribution >= 4 is 53.1 Å². The lowest BCUT2D eigenvalue weighted by atomic mass is 9.76. The third-order valence-corrected chi connectivity index (χ3v) is 10.2. The largest absolute Gasteiger partial charge is 0.440 e. The van der Waals surface area contributed by atoms with E-state index >= 15 is 0 Å². The van der Waals surface area contributed by atoms with Gasteiger partial charge >= 0.3 is 6.09 Å². The van der Waals surface area contributed by atoms with Gasteiger partial charge in [-0.15, -0.1) is 0 Å². The summed E-state index contributed by atoms with van der Waals surface area (Å²) in [7, 11) is 0. The first-order chi connectivity index (χ1) is 22.3. The van der Waals surface area contributed by atoms with Gasteiger partial charge in [0.1, 0.15) is 17.2 Å². The van der Waals surface area contributed by atoms with Crippen molar-refractivity contribution in [1.29, 1.82) is 0 Å². The molecule has 1 unspecified atom stereocenters. The van der Waals surface area contributed by atoms with Gasteiger partial charge < -0.3 is 21.1 Å². The summed E-state index contributed by atoms with van der Waals surface area (Å²) in [5.41, 5.74) is 5.82. The lowest BCUT2D eigenvalue weighted by Crippen LogP contribution is -2.50. The second-order valence-electron chi connectivity index (χ2n) is 12.8. The van der Waals surface area contributed by atoms with Gasteiger partial charge in [0.15, 0.2) is 0 Å². The van der Waals surface area contributed by atoms with E-state index in [2.05, 4.69) is 15.4 Å². The topological polar surface area (TPSA) is 157 Å². The third kappa shape index (κ3) is 9.93. The van der Waals surface area contributed by atoms with Gasteiger partial charge in [0.25, 0.3) is 5.91 Å². The number of hydrogen-bond donors (Lipinski definition) is 4. The number of Topliss-reactive ketones (excluding diaryl/α,β-unsaturated/α-hetero) is 1. The molecule has 13 heteroatoms. The molecule has 1 aliphatic heterocycles. The first-order valence-electron chi connectivity index (χ1n) is 15.9. The highest BCUT2D eigenvalue weighted by atomic mass is 35.5. The van der Waals surface area contributed by atoms with Crippen molar-refractivity contribution in [2.75, 3.05) is 6.54 Å². The van der Waals surface area contributed by atoms with Gasteiger partial charge in [-0.1, -0.05) is 81.8 Å². The van der Waals surface area contributed by atoms with E-state index in [1.165, 1.54) is 12.1 Å². The lowest BCUT2D eigenvalue weighted by Gasteiger charge is -2.35. The molecule has 2 fully saturated rings. The average Bonchev–Trinajstić information content (AvgIpc) is 3.45. The van der Waals surface area contributed by atoms with Crippen LogP contribution in [0.3, 0.4) is 0 Å². The fourth-order valence-electron chi connectivity index (χ4n) is 6.32. The maximum atomic E-state index is 13.8. The summed E-state index contributed by atoms with van der Waals surface area (Å²) in [4.78, 5) is 63.8. The van der Waals surface area contributed by atoms with Crippen molar-refractivity contribution in [3.63, 3.8) is 0 Å². The molecule has 2 aromatic rings. The summed E-state index contributed by atoms with van der Waals surface area (Å²) in [5, 5.41) is 5.01. The van der Waals surface area contributed by atoms with Crippen molar-refractivity contribution < 1.29 is 33.1 Å². The van der Waals surface area contributed by atoms with Gasteiger partial charge in [-0.05, 0) is 72.5 Å². The summed E-state index contributed by atoms with van der Waals surface area (Å²) < 4.78 is 22.5. The van der Waals surface area contributed by atoms with Crippen LogP contribution in [0.1, 0.15) is 82.4 Å². The van der Waals surface area contributed by atoms with E-state index in [-0.39, 0.29) is 18.2 Å². The van der Waals surface area contributed by atoms with Gasteiger partial charge in [0.2, 0.25) is 17.6 Å². The summed E-state index contributed by atoms with van der Waals surface area (Å²) in [5.74, 6) is -3.79. The maximum absolute atomic E-state index is 13.8. The lowest BCUT2D eigenvalue weighted by molar-refractivity contribution is -0.139. The third-order valence-electron chi connectivity index (χ3n) is 9.03. The maximum Gasteiger partial charge on any atom is 0.417 e. The van der Waals surface area contributed by atoms with E-state index < -0.39 is 58.2 Å². The Morgan fingerprint density at radius 3 is 2.38 bits per heavy atom. The molecular formula is C34H42ClFN4O6S. The Labute approximate surface area is 283 Å². The fourth-order valence-corrected chi connectivity index (χ4v) is 7.34. The predicted molar refractivity (Wildman–Crippen MR) is 178 cm³/mol. The van der Waals surface area contributed by atoms with Crippen molar-refractivity contribution in [1.82, 2.24) is 15.4 Å². The predicted octanol–water partition coefficient (Wildman–Crippen LogP) is 5.28. The molecule has 5 N–H and O–H groups in total. The molecule has 4 rings (SSSR count). The molecule has 0 aromatic heterocycles. The van der Waals surface area contributed by atoms with Crippen LogP contribution in [0.4, 0.5) is 9.18 Å². The smallest absolute Gasteiger partial charge is 0.417 e. The molecule has 4 amide bonds. The molecule has 10 nitrogen and oxygen atoms in total. The minimum absolute atomic E-state index is 0.0619. The van der Waals surface area contributed by atoms with Crippen LogP contribution in [0.5, 0.6) is 0 Å². The highest BCUT2D eigenvalue weighted by Crippen LogP contribution is 2.41. The number of ketones is 1. The Morgan fingerprint density at radius 2 is 1.77 bits per heavy atom.